The summed E-state index contributed by atoms with van der Waals surface area (Å²) in [5, 5.41) is 9.77. The number of furan rings is 1. The van der Waals surface area contributed by atoms with Crippen molar-refractivity contribution in [2.45, 2.75) is 0 Å². The van der Waals surface area contributed by atoms with E-state index in [9.17, 15) is 0 Å². The molecular weight excluding hydrogens is 545 g/mol. The molecule has 0 saturated heterocycles. The highest BCUT2D eigenvalue weighted by atomic mass is 32.1. The quantitative estimate of drug-likeness (QED) is 0.211. The first-order valence-corrected chi connectivity index (χ1v) is 15.3. The van der Waals surface area contributed by atoms with Gasteiger partial charge >= 0.3 is 0 Å². The Bertz CT molecular complexity index is 2740. The second kappa shape index (κ2) is 8.54. The maximum atomic E-state index is 6.18. The topological polar surface area (TPSA) is 41.8 Å². The minimum atomic E-state index is 0.925. The van der Waals surface area contributed by atoms with Crippen LogP contribution in [0.3, 0.4) is 0 Å². The summed E-state index contributed by atoms with van der Waals surface area (Å²) in [5.74, 6) is 0. The molecule has 7 aromatic carbocycles. The van der Waals surface area contributed by atoms with Gasteiger partial charge in [-0.05, 0) is 63.4 Å². The van der Waals surface area contributed by atoms with Gasteiger partial charge in [0.1, 0.15) is 11.2 Å². The summed E-state index contributed by atoms with van der Waals surface area (Å²) >= 11 is 1.86. The molecule has 0 atom stereocenters. The highest BCUT2D eigenvalue weighted by Crippen LogP contribution is 2.42. The van der Waals surface area contributed by atoms with E-state index in [2.05, 4.69) is 114 Å². The summed E-state index contributed by atoms with van der Waals surface area (Å²) < 4.78 is 8.76. The first-order chi connectivity index (χ1) is 21.3. The third-order valence-electron chi connectivity index (χ3n) is 8.92. The summed E-state index contributed by atoms with van der Waals surface area (Å²) in [6.07, 6.45) is 1.80. The van der Waals surface area contributed by atoms with Crippen molar-refractivity contribution in [1.82, 2.24) is 9.97 Å². The molecule has 10 aromatic rings. The van der Waals surface area contributed by atoms with E-state index in [1.807, 2.05) is 23.5 Å². The SMILES string of the molecule is c1ccc2c(c1)oc1cc(-c3ccc4c(c3)sc3cc(-c5cccc6c7nc[nH]c7c7ccccc7c56)ccc34)ccc12. The van der Waals surface area contributed by atoms with Gasteiger partial charge < -0.3 is 9.40 Å². The molecule has 0 unspecified atom stereocenters. The molecule has 4 heteroatoms. The van der Waals surface area contributed by atoms with Gasteiger partial charge in [0.2, 0.25) is 0 Å². The van der Waals surface area contributed by atoms with Crippen LogP contribution in [-0.4, -0.2) is 9.97 Å². The minimum absolute atomic E-state index is 0.925. The molecule has 0 amide bonds. The number of para-hydroxylation sites is 1. The second-order valence-electron chi connectivity index (χ2n) is 11.2. The average Bonchev–Trinajstić information content (AvgIpc) is 3.79. The molecule has 0 saturated carbocycles. The van der Waals surface area contributed by atoms with Crippen LogP contribution in [0.2, 0.25) is 0 Å². The molecule has 43 heavy (non-hydrogen) atoms. The molecule has 3 aromatic heterocycles. The predicted octanol–water partition coefficient (Wildman–Crippen LogP) is 11.5. The third-order valence-corrected chi connectivity index (χ3v) is 10.0. The van der Waals surface area contributed by atoms with Gasteiger partial charge in [0.15, 0.2) is 0 Å². The number of imidazole rings is 1. The summed E-state index contributed by atoms with van der Waals surface area (Å²) in [6.45, 7) is 0. The molecule has 0 bridgehead atoms. The van der Waals surface area contributed by atoms with Gasteiger partial charge in [-0.2, -0.15) is 0 Å². The Labute approximate surface area is 249 Å². The standard InChI is InChI=1S/C39H22N2OS/c1-2-8-31-30(7-1)37-25(9-5-10-32(37)39-38(31)40-21-41-39)24-14-17-29-28-16-13-23(19-35(28)43-36(29)20-24)22-12-15-27-26-6-3-4-11-33(26)42-34(27)18-22/h1-21H,(H,40,41). The number of benzene rings is 7. The zero-order valence-corrected chi connectivity index (χ0v) is 23.7. The molecule has 3 heterocycles. The van der Waals surface area contributed by atoms with Crippen LogP contribution in [0.15, 0.2) is 132 Å². The van der Waals surface area contributed by atoms with Crippen LogP contribution in [0, 0.1) is 0 Å². The number of hydrogen-bond donors (Lipinski definition) is 1. The van der Waals surface area contributed by atoms with E-state index in [1.54, 1.807) is 6.33 Å². The van der Waals surface area contributed by atoms with Crippen LogP contribution in [-0.2, 0) is 0 Å². The summed E-state index contributed by atoms with van der Waals surface area (Å²) in [5.41, 5.74) is 8.79. The summed E-state index contributed by atoms with van der Waals surface area (Å²) in [4.78, 5) is 8.08. The van der Waals surface area contributed by atoms with Crippen LogP contribution < -0.4 is 0 Å². The zero-order chi connectivity index (χ0) is 28.1. The molecular formula is C39H22N2OS. The minimum Gasteiger partial charge on any atom is -0.456 e. The zero-order valence-electron chi connectivity index (χ0n) is 22.9. The average molecular weight is 567 g/mol. The number of fused-ring (bicyclic) bond motifs is 12. The Kier molecular flexibility index (Phi) is 4.60. The number of aromatic nitrogens is 2. The second-order valence-corrected chi connectivity index (χ2v) is 12.3. The normalized spacial score (nSPS) is 12.2. The number of rotatable bonds is 2. The van der Waals surface area contributed by atoms with E-state index in [1.165, 1.54) is 64.0 Å². The van der Waals surface area contributed by atoms with E-state index in [0.29, 0.717) is 0 Å². The third kappa shape index (κ3) is 3.27. The van der Waals surface area contributed by atoms with Crippen LogP contribution >= 0.6 is 11.3 Å². The van der Waals surface area contributed by atoms with E-state index in [0.717, 1.165) is 33.0 Å². The lowest BCUT2D eigenvalue weighted by molar-refractivity contribution is 0.669. The van der Waals surface area contributed by atoms with Crippen LogP contribution in [0.5, 0.6) is 0 Å². The van der Waals surface area contributed by atoms with Crippen LogP contribution in [0.25, 0.3) is 96.9 Å². The summed E-state index contributed by atoms with van der Waals surface area (Å²) in [6, 6.07) is 43.8. The maximum Gasteiger partial charge on any atom is 0.136 e. The fraction of sp³-hybridized carbons (Fsp3) is 0. The van der Waals surface area contributed by atoms with Crippen LogP contribution in [0.1, 0.15) is 0 Å². The molecule has 10 rings (SSSR count). The van der Waals surface area contributed by atoms with Gasteiger partial charge in [-0.15, -0.1) is 11.3 Å². The fourth-order valence-corrected chi connectivity index (χ4v) is 8.12. The molecule has 0 aliphatic heterocycles. The number of nitrogens with one attached hydrogen (secondary N) is 1. The largest absolute Gasteiger partial charge is 0.456 e. The number of thiophene rings is 1. The van der Waals surface area contributed by atoms with Gasteiger partial charge in [-0.25, -0.2) is 4.98 Å². The summed E-state index contributed by atoms with van der Waals surface area (Å²) in [7, 11) is 0. The van der Waals surface area contributed by atoms with Crippen molar-refractivity contribution < 1.29 is 4.42 Å². The smallest absolute Gasteiger partial charge is 0.136 e. The number of hydrogen-bond acceptors (Lipinski definition) is 3. The van der Waals surface area contributed by atoms with Gasteiger partial charge in [-0.1, -0.05) is 91.0 Å². The Hall–Kier alpha value is -5.45. The molecule has 1 N–H and O–H groups in total. The number of nitrogens with zero attached hydrogens (tertiary/aromatic N) is 1. The van der Waals surface area contributed by atoms with Crippen molar-refractivity contribution in [2.75, 3.05) is 0 Å². The van der Waals surface area contributed by atoms with E-state index < -0.39 is 0 Å². The van der Waals surface area contributed by atoms with E-state index >= 15 is 0 Å². The molecule has 0 aliphatic carbocycles. The lowest BCUT2D eigenvalue weighted by Crippen LogP contribution is -1.86. The van der Waals surface area contributed by atoms with Crippen LogP contribution in [0.4, 0.5) is 0 Å². The Morgan fingerprint density at radius 2 is 1.16 bits per heavy atom. The number of H-pyrrole nitrogens is 1. The van der Waals surface area contributed by atoms with Crippen molar-refractivity contribution in [3.05, 3.63) is 128 Å². The van der Waals surface area contributed by atoms with E-state index in [-0.39, 0.29) is 0 Å². The Balaban J connectivity index is 1.14. The lowest BCUT2D eigenvalue weighted by Gasteiger charge is -2.12. The van der Waals surface area contributed by atoms with Gasteiger partial charge in [0, 0.05) is 41.7 Å². The fourth-order valence-electron chi connectivity index (χ4n) is 6.93. The predicted molar refractivity (Wildman–Crippen MR) is 182 cm³/mol. The molecule has 0 radical (unpaired) electrons. The Morgan fingerprint density at radius 3 is 2.02 bits per heavy atom. The molecule has 0 fully saturated rings. The first kappa shape index (κ1) is 23.1. The lowest BCUT2D eigenvalue weighted by atomic mass is 9.92. The van der Waals surface area contributed by atoms with Crippen molar-refractivity contribution in [3.63, 3.8) is 0 Å². The van der Waals surface area contributed by atoms with Crippen molar-refractivity contribution >= 4 is 86.0 Å². The maximum absolute atomic E-state index is 6.18. The molecule has 200 valence electrons. The van der Waals surface area contributed by atoms with Gasteiger partial charge in [-0.3, -0.25) is 0 Å². The number of aromatic amines is 1. The highest BCUT2D eigenvalue weighted by Gasteiger charge is 2.16. The molecule has 0 spiro atoms. The Morgan fingerprint density at radius 1 is 0.512 bits per heavy atom. The van der Waals surface area contributed by atoms with E-state index in [4.69, 9.17) is 9.40 Å². The van der Waals surface area contributed by atoms with Crippen molar-refractivity contribution in [3.8, 4) is 22.3 Å². The van der Waals surface area contributed by atoms with Gasteiger partial charge in [0.25, 0.3) is 0 Å². The first-order valence-electron chi connectivity index (χ1n) is 14.4. The monoisotopic (exact) mass is 566 g/mol. The van der Waals surface area contributed by atoms with Crippen molar-refractivity contribution in [2.24, 2.45) is 0 Å². The van der Waals surface area contributed by atoms with Crippen molar-refractivity contribution in [1.29, 1.82) is 0 Å². The molecule has 3 nitrogen and oxygen atoms in total. The highest BCUT2D eigenvalue weighted by molar-refractivity contribution is 7.25. The molecule has 0 aliphatic rings. The van der Waals surface area contributed by atoms with Gasteiger partial charge in [0.05, 0.1) is 17.4 Å².